The molecule has 3 N–H and O–H groups in total. The molecule has 0 radical (unpaired) electrons. The van der Waals surface area contributed by atoms with Gasteiger partial charge in [-0.1, -0.05) is 29.8 Å². The number of anilines is 1. The summed E-state index contributed by atoms with van der Waals surface area (Å²) in [5, 5.41) is 3.79. The SMILES string of the molecule is Cc1[nH]cnc1CSCCNc1ncc(Cc2ccccc2Cl)c(=O)[nH]1.Cl.Cl. The third-order valence-corrected chi connectivity index (χ3v) is 5.26. The summed E-state index contributed by atoms with van der Waals surface area (Å²) < 4.78 is 0. The fraction of sp³-hybridized carbons (Fsp3) is 0.278. The molecule has 0 atom stereocenters. The van der Waals surface area contributed by atoms with E-state index in [0.29, 0.717) is 29.5 Å². The van der Waals surface area contributed by atoms with Crippen molar-refractivity contribution in [3.8, 4) is 0 Å². The van der Waals surface area contributed by atoms with Gasteiger partial charge in [0.15, 0.2) is 0 Å². The largest absolute Gasteiger partial charge is 0.355 e. The van der Waals surface area contributed by atoms with Crippen LogP contribution in [0.3, 0.4) is 0 Å². The van der Waals surface area contributed by atoms with Crippen LogP contribution in [0.15, 0.2) is 41.6 Å². The van der Waals surface area contributed by atoms with Crippen LogP contribution in [-0.4, -0.2) is 32.2 Å². The maximum absolute atomic E-state index is 12.2. The van der Waals surface area contributed by atoms with Gasteiger partial charge < -0.3 is 10.3 Å². The van der Waals surface area contributed by atoms with Crippen LogP contribution in [0.5, 0.6) is 0 Å². The van der Waals surface area contributed by atoms with Gasteiger partial charge in [0.05, 0.1) is 12.0 Å². The summed E-state index contributed by atoms with van der Waals surface area (Å²) in [6.45, 7) is 2.72. The van der Waals surface area contributed by atoms with E-state index in [1.54, 1.807) is 24.3 Å². The van der Waals surface area contributed by atoms with Gasteiger partial charge in [0.25, 0.3) is 5.56 Å². The van der Waals surface area contributed by atoms with Gasteiger partial charge in [-0.3, -0.25) is 9.78 Å². The summed E-state index contributed by atoms with van der Waals surface area (Å²) in [6.07, 6.45) is 3.77. The lowest BCUT2D eigenvalue weighted by Crippen LogP contribution is -2.18. The Labute approximate surface area is 185 Å². The van der Waals surface area contributed by atoms with Crippen molar-refractivity contribution < 1.29 is 0 Å². The van der Waals surface area contributed by atoms with Gasteiger partial charge in [0.1, 0.15) is 0 Å². The van der Waals surface area contributed by atoms with Crippen molar-refractivity contribution in [1.82, 2.24) is 19.9 Å². The smallest absolute Gasteiger partial charge is 0.255 e. The summed E-state index contributed by atoms with van der Waals surface area (Å²) in [5.74, 6) is 2.23. The molecule has 3 aromatic rings. The third-order valence-electron chi connectivity index (χ3n) is 3.92. The lowest BCUT2D eigenvalue weighted by molar-refractivity contribution is 1.01. The van der Waals surface area contributed by atoms with Crippen LogP contribution >= 0.6 is 48.2 Å². The molecular formula is C18H22Cl3N5OS. The summed E-state index contributed by atoms with van der Waals surface area (Å²) in [6, 6.07) is 7.50. The Morgan fingerprint density at radius 3 is 2.64 bits per heavy atom. The minimum absolute atomic E-state index is 0. The van der Waals surface area contributed by atoms with Crippen LogP contribution in [0.25, 0.3) is 0 Å². The van der Waals surface area contributed by atoms with E-state index in [2.05, 4.69) is 25.3 Å². The van der Waals surface area contributed by atoms with E-state index in [1.807, 2.05) is 31.2 Å². The predicted octanol–water partition coefficient (Wildman–Crippen LogP) is 4.23. The topological polar surface area (TPSA) is 86.5 Å². The monoisotopic (exact) mass is 461 g/mol. The fourth-order valence-corrected chi connectivity index (χ4v) is 3.50. The number of hydrogen-bond donors (Lipinski definition) is 3. The van der Waals surface area contributed by atoms with Crippen LogP contribution in [0, 0.1) is 6.92 Å². The summed E-state index contributed by atoms with van der Waals surface area (Å²) in [5.41, 5.74) is 3.53. The normalized spacial score (nSPS) is 10.1. The number of nitrogens with zero attached hydrogens (tertiary/aromatic N) is 2. The molecule has 3 rings (SSSR count). The zero-order valence-corrected chi connectivity index (χ0v) is 18.4. The van der Waals surface area contributed by atoms with E-state index in [4.69, 9.17) is 11.6 Å². The Morgan fingerprint density at radius 2 is 1.96 bits per heavy atom. The highest BCUT2D eigenvalue weighted by molar-refractivity contribution is 7.98. The van der Waals surface area contributed by atoms with Crippen molar-refractivity contribution in [3.05, 3.63) is 74.7 Å². The van der Waals surface area contributed by atoms with Crippen molar-refractivity contribution in [2.24, 2.45) is 0 Å². The lowest BCUT2D eigenvalue weighted by Gasteiger charge is -2.07. The molecule has 1 aromatic carbocycles. The highest BCUT2D eigenvalue weighted by atomic mass is 35.5. The minimum atomic E-state index is -0.151. The van der Waals surface area contributed by atoms with E-state index in [-0.39, 0.29) is 30.4 Å². The number of hydrogen-bond acceptors (Lipinski definition) is 5. The van der Waals surface area contributed by atoms with Gasteiger partial charge in [0.2, 0.25) is 5.95 Å². The number of thioether (sulfide) groups is 1. The standard InChI is InChI=1S/C18H20ClN5OS.2ClH/c1-12-16(23-11-22-12)10-26-7-6-20-18-21-9-14(17(25)24-18)8-13-4-2-3-5-15(13)19;;/h2-5,9,11H,6-8,10H2,1H3,(H,22,23)(H2,20,21,24,25);2*1H. The number of halogens is 3. The molecule has 2 aromatic heterocycles. The number of aromatic amines is 2. The van der Waals surface area contributed by atoms with Gasteiger partial charge in [0, 0.05) is 46.9 Å². The molecule has 0 fully saturated rings. The number of aromatic nitrogens is 4. The molecule has 0 amide bonds. The lowest BCUT2D eigenvalue weighted by atomic mass is 10.1. The third kappa shape index (κ3) is 6.74. The average Bonchev–Trinajstić information content (AvgIpc) is 3.04. The molecule has 10 heteroatoms. The van der Waals surface area contributed by atoms with Gasteiger partial charge >= 0.3 is 0 Å². The van der Waals surface area contributed by atoms with Crippen LogP contribution < -0.4 is 10.9 Å². The van der Waals surface area contributed by atoms with Crippen LogP contribution in [0.2, 0.25) is 5.02 Å². The second kappa shape index (κ2) is 12.0. The molecule has 0 aliphatic heterocycles. The van der Waals surface area contributed by atoms with E-state index in [0.717, 1.165) is 28.5 Å². The van der Waals surface area contributed by atoms with Gasteiger partial charge in [-0.25, -0.2) is 9.97 Å². The van der Waals surface area contributed by atoms with Crippen molar-refractivity contribution in [3.63, 3.8) is 0 Å². The molecule has 0 spiro atoms. The molecule has 0 aliphatic carbocycles. The van der Waals surface area contributed by atoms with Crippen LogP contribution in [-0.2, 0) is 12.2 Å². The zero-order valence-electron chi connectivity index (χ0n) is 15.2. The molecule has 0 unspecified atom stereocenters. The quantitative estimate of drug-likeness (QED) is 0.436. The average molecular weight is 463 g/mol. The van der Waals surface area contributed by atoms with Crippen LogP contribution in [0.1, 0.15) is 22.5 Å². The number of nitrogens with one attached hydrogen (secondary N) is 3. The summed E-state index contributed by atoms with van der Waals surface area (Å²) >= 11 is 7.92. The fourth-order valence-electron chi connectivity index (χ4n) is 2.43. The van der Waals surface area contributed by atoms with Crippen molar-refractivity contribution in [1.29, 1.82) is 0 Å². The van der Waals surface area contributed by atoms with Gasteiger partial charge in [-0.15, -0.1) is 24.8 Å². The molecule has 0 saturated heterocycles. The molecule has 6 nitrogen and oxygen atoms in total. The predicted molar refractivity (Wildman–Crippen MR) is 122 cm³/mol. The summed E-state index contributed by atoms with van der Waals surface area (Å²) in [7, 11) is 0. The highest BCUT2D eigenvalue weighted by Gasteiger charge is 2.07. The van der Waals surface area contributed by atoms with E-state index >= 15 is 0 Å². The molecule has 152 valence electrons. The Bertz CT molecular complexity index is 931. The number of aryl methyl sites for hydroxylation is 1. The number of H-pyrrole nitrogens is 2. The molecule has 0 aliphatic rings. The minimum Gasteiger partial charge on any atom is -0.355 e. The second-order valence-corrected chi connectivity index (χ2v) is 7.32. The van der Waals surface area contributed by atoms with Crippen molar-refractivity contribution >= 4 is 54.1 Å². The van der Waals surface area contributed by atoms with Crippen molar-refractivity contribution in [2.45, 2.75) is 19.1 Å². The molecule has 0 bridgehead atoms. The maximum atomic E-state index is 12.2. The Hall–Kier alpha value is -1.67. The van der Waals surface area contributed by atoms with Crippen molar-refractivity contribution in [2.75, 3.05) is 17.6 Å². The van der Waals surface area contributed by atoms with E-state index in [9.17, 15) is 4.79 Å². The second-order valence-electron chi connectivity index (χ2n) is 5.81. The molecular weight excluding hydrogens is 441 g/mol. The number of imidazole rings is 1. The zero-order chi connectivity index (χ0) is 18.4. The van der Waals surface area contributed by atoms with Gasteiger partial charge in [-0.2, -0.15) is 11.8 Å². The highest BCUT2D eigenvalue weighted by Crippen LogP contribution is 2.17. The van der Waals surface area contributed by atoms with E-state index < -0.39 is 0 Å². The number of rotatable bonds is 8. The first-order valence-electron chi connectivity index (χ1n) is 8.25. The van der Waals surface area contributed by atoms with Crippen LogP contribution in [0.4, 0.5) is 5.95 Å². The first-order chi connectivity index (χ1) is 12.6. The first kappa shape index (κ1) is 24.4. The van der Waals surface area contributed by atoms with Gasteiger partial charge in [-0.05, 0) is 18.6 Å². The number of benzene rings is 1. The molecule has 0 saturated carbocycles. The summed E-state index contributed by atoms with van der Waals surface area (Å²) in [4.78, 5) is 26.7. The Kier molecular flexibility index (Phi) is 10.5. The van der Waals surface area contributed by atoms with E-state index in [1.165, 1.54) is 0 Å². The Balaban J connectivity index is 0.00000196. The molecule has 2 heterocycles. The maximum Gasteiger partial charge on any atom is 0.255 e. The first-order valence-corrected chi connectivity index (χ1v) is 9.79. The molecule has 28 heavy (non-hydrogen) atoms. The Morgan fingerprint density at radius 1 is 1.18 bits per heavy atom.